The van der Waals surface area contributed by atoms with Gasteiger partial charge in [0.15, 0.2) is 0 Å². The largest absolute Gasteiger partial charge is 0.481 e. The van der Waals surface area contributed by atoms with Crippen LogP contribution in [0.25, 0.3) is 0 Å². The van der Waals surface area contributed by atoms with Crippen molar-refractivity contribution in [2.24, 2.45) is 17.8 Å². The van der Waals surface area contributed by atoms with Crippen LogP contribution >= 0.6 is 0 Å². The first kappa shape index (κ1) is 15.4. The van der Waals surface area contributed by atoms with E-state index in [0.29, 0.717) is 30.2 Å². The van der Waals surface area contributed by atoms with E-state index < -0.39 is 5.97 Å². The zero-order valence-electron chi connectivity index (χ0n) is 14.8. The second-order valence-electron chi connectivity index (χ2n) is 8.38. The third kappa shape index (κ3) is 2.41. The molecule has 3 saturated heterocycles. The predicted molar refractivity (Wildman–Crippen MR) is 95.0 cm³/mol. The number of hydrogen-bond donors (Lipinski definition) is 1. The lowest BCUT2D eigenvalue weighted by Crippen LogP contribution is -2.56. The Bertz CT molecular complexity index is 710. The number of aromatic nitrogens is 2. The van der Waals surface area contributed by atoms with Crippen LogP contribution in [-0.2, 0) is 17.6 Å². The highest BCUT2D eigenvalue weighted by Gasteiger charge is 2.48. The molecule has 25 heavy (non-hydrogen) atoms. The molecular weight excluding hydrogens is 316 g/mol. The summed E-state index contributed by atoms with van der Waals surface area (Å²) in [5.74, 6) is 2.83. The molecule has 1 saturated carbocycles. The lowest BCUT2D eigenvalue weighted by molar-refractivity contribution is -0.141. The molecule has 0 radical (unpaired) electrons. The number of fused-ring (bicyclic) bond motifs is 3. The average Bonchev–Trinajstić information content (AvgIpc) is 3.06. The van der Waals surface area contributed by atoms with Crippen LogP contribution in [0.4, 0.5) is 11.8 Å². The molecule has 6 nitrogen and oxygen atoms in total. The molecule has 6 heteroatoms. The topological polar surface area (TPSA) is 69.6 Å². The van der Waals surface area contributed by atoms with Crippen molar-refractivity contribution >= 4 is 17.7 Å². The molecule has 134 valence electrons. The Balaban J connectivity index is 1.42. The van der Waals surface area contributed by atoms with Crippen molar-refractivity contribution in [1.82, 2.24) is 9.97 Å². The predicted octanol–water partition coefficient (Wildman–Crippen LogP) is 2.11. The average molecular weight is 342 g/mol. The Morgan fingerprint density at radius 2 is 2.04 bits per heavy atom. The smallest absolute Gasteiger partial charge is 0.303 e. The van der Waals surface area contributed by atoms with Crippen LogP contribution in [0.15, 0.2) is 0 Å². The fraction of sp³-hybridized carbons (Fsp3) is 0.737. The zero-order chi connectivity index (χ0) is 17.1. The van der Waals surface area contributed by atoms with Gasteiger partial charge in [0, 0.05) is 37.7 Å². The van der Waals surface area contributed by atoms with E-state index in [1.54, 1.807) is 0 Å². The molecule has 1 aromatic rings. The van der Waals surface area contributed by atoms with Gasteiger partial charge in [0.25, 0.3) is 0 Å². The van der Waals surface area contributed by atoms with Gasteiger partial charge >= 0.3 is 5.97 Å². The van der Waals surface area contributed by atoms with Gasteiger partial charge in [0.2, 0.25) is 5.95 Å². The number of carbonyl (C=O) groups is 1. The van der Waals surface area contributed by atoms with Crippen LogP contribution in [0, 0.1) is 17.8 Å². The van der Waals surface area contributed by atoms with E-state index >= 15 is 0 Å². The van der Waals surface area contributed by atoms with Crippen molar-refractivity contribution in [3.05, 3.63) is 11.3 Å². The second-order valence-corrected chi connectivity index (χ2v) is 8.38. The molecular formula is C19H26N4O2. The van der Waals surface area contributed by atoms with Crippen LogP contribution in [-0.4, -0.2) is 46.7 Å². The van der Waals surface area contributed by atoms with Crippen LogP contribution in [0.5, 0.6) is 0 Å². The van der Waals surface area contributed by atoms with Crippen LogP contribution in [0.3, 0.4) is 0 Å². The number of aryl methyl sites for hydroxylation is 1. The van der Waals surface area contributed by atoms with Gasteiger partial charge in [-0.25, -0.2) is 4.98 Å². The lowest BCUT2D eigenvalue weighted by Gasteiger charge is -2.54. The molecule has 1 aromatic heterocycles. The van der Waals surface area contributed by atoms with Gasteiger partial charge in [-0.2, -0.15) is 4.98 Å². The van der Waals surface area contributed by atoms with Gasteiger partial charge < -0.3 is 14.9 Å². The number of nitrogens with zero attached hydrogens (tertiary/aromatic N) is 4. The van der Waals surface area contributed by atoms with Crippen molar-refractivity contribution in [2.75, 3.05) is 29.4 Å². The zero-order valence-corrected chi connectivity index (χ0v) is 14.8. The Morgan fingerprint density at radius 3 is 2.68 bits per heavy atom. The second kappa shape index (κ2) is 5.58. The Morgan fingerprint density at radius 1 is 1.24 bits per heavy atom. The van der Waals surface area contributed by atoms with Crippen molar-refractivity contribution in [3.8, 4) is 0 Å². The number of hydrogen-bond acceptors (Lipinski definition) is 5. The molecule has 1 N–H and O–H groups in total. The van der Waals surface area contributed by atoms with Crippen molar-refractivity contribution in [1.29, 1.82) is 0 Å². The van der Waals surface area contributed by atoms with Crippen LogP contribution in [0.2, 0.25) is 0 Å². The summed E-state index contributed by atoms with van der Waals surface area (Å²) in [5, 5.41) is 9.13. The monoisotopic (exact) mass is 342 g/mol. The van der Waals surface area contributed by atoms with E-state index in [1.165, 1.54) is 30.5 Å². The molecule has 5 aliphatic rings. The van der Waals surface area contributed by atoms with E-state index in [4.69, 9.17) is 15.1 Å². The summed E-state index contributed by atoms with van der Waals surface area (Å²) in [7, 11) is 0. The first-order valence-corrected chi connectivity index (χ1v) is 9.73. The number of piperidine rings is 2. The van der Waals surface area contributed by atoms with Crippen molar-refractivity contribution in [2.45, 2.75) is 51.5 Å². The Kier molecular flexibility index (Phi) is 3.44. The van der Waals surface area contributed by atoms with Gasteiger partial charge in [-0.15, -0.1) is 0 Å². The molecule has 3 atom stereocenters. The minimum Gasteiger partial charge on any atom is -0.481 e. The summed E-state index contributed by atoms with van der Waals surface area (Å²) >= 11 is 0. The Labute approximate surface area is 148 Å². The standard InChI is InChI=1S/C19H26N4O2/c1-11-5-6-23(11)19-20-16-4-2-3-14(16)18(21-19)22-9-12-7-13(10-22)15(12)8-17(24)25/h11-13,15H,2-10H2,1H3,(H,24,25). The van der Waals surface area contributed by atoms with E-state index in [9.17, 15) is 4.79 Å². The molecule has 6 rings (SSSR count). The van der Waals surface area contributed by atoms with Crippen molar-refractivity contribution in [3.63, 3.8) is 0 Å². The van der Waals surface area contributed by atoms with Gasteiger partial charge in [0.05, 0.1) is 5.69 Å². The lowest BCUT2D eigenvalue weighted by atomic mass is 9.60. The molecule has 0 amide bonds. The van der Waals surface area contributed by atoms with E-state index in [-0.39, 0.29) is 0 Å². The Hall–Kier alpha value is -1.85. The molecule has 2 bridgehead atoms. The molecule has 0 spiro atoms. The fourth-order valence-corrected chi connectivity index (χ4v) is 5.30. The molecule has 3 aliphatic heterocycles. The molecule has 3 unspecified atom stereocenters. The summed E-state index contributed by atoms with van der Waals surface area (Å²) in [6.45, 7) is 5.23. The van der Waals surface area contributed by atoms with E-state index in [2.05, 4.69) is 16.7 Å². The first-order valence-electron chi connectivity index (χ1n) is 9.73. The van der Waals surface area contributed by atoms with Gasteiger partial charge in [-0.05, 0) is 56.8 Å². The normalized spacial score (nSPS) is 32.8. The summed E-state index contributed by atoms with van der Waals surface area (Å²) in [5.41, 5.74) is 2.61. The number of carboxylic acids is 1. The summed E-state index contributed by atoms with van der Waals surface area (Å²) in [6, 6.07) is 0.544. The third-order valence-corrected chi connectivity index (χ3v) is 6.91. The maximum absolute atomic E-state index is 11.1. The van der Waals surface area contributed by atoms with Gasteiger partial charge in [-0.3, -0.25) is 4.79 Å². The van der Waals surface area contributed by atoms with E-state index in [1.807, 2.05) is 0 Å². The highest BCUT2D eigenvalue weighted by molar-refractivity contribution is 5.67. The maximum Gasteiger partial charge on any atom is 0.303 e. The highest BCUT2D eigenvalue weighted by Crippen LogP contribution is 2.49. The van der Waals surface area contributed by atoms with Crippen LogP contribution < -0.4 is 9.80 Å². The number of anilines is 2. The summed E-state index contributed by atoms with van der Waals surface area (Å²) < 4.78 is 0. The molecule has 4 heterocycles. The summed E-state index contributed by atoms with van der Waals surface area (Å²) in [4.78, 5) is 25.7. The number of carboxylic acid groups (broad SMARTS) is 1. The molecule has 2 aliphatic carbocycles. The SMILES string of the molecule is CC1CCN1c1nc2c(c(N3CC4CC(C3)C4CC(=O)O)n1)CCC2. The minimum absolute atomic E-state index is 0.335. The highest BCUT2D eigenvalue weighted by atomic mass is 16.4. The number of aliphatic carboxylic acids is 1. The van der Waals surface area contributed by atoms with Crippen LogP contribution in [0.1, 0.15) is 43.9 Å². The minimum atomic E-state index is -0.648. The van der Waals surface area contributed by atoms with Gasteiger partial charge in [-0.1, -0.05) is 0 Å². The third-order valence-electron chi connectivity index (χ3n) is 6.91. The quantitative estimate of drug-likeness (QED) is 0.904. The fourth-order valence-electron chi connectivity index (χ4n) is 5.30. The maximum atomic E-state index is 11.1. The summed E-state index contributed by atoms with van der Waals surface area (Å²) in [6.07, 6.45) is 6.09. The van der Waals surface area contributed by atoms with E-state index in [0.717, 1.165) is 44.2 Å². The van der Waals surface area contributed by atoms with Crippen molar-refractivity contribution < 1.29 is 9.90 Å². The molecule has 4 fully saturated rings. The first-order chi connectivity index (χ1) is 12.1. The van der Waals surface area contributed by atoms with Gasteiger partial charge in [0.1, 0.15) is 5.82 Å². The molecule has 0 aromatic carbocycles. The number of rotatable bonds is 4.